The molecule has 0 aromatic rings. The first kappa shape index (κ1) is 12.1. The average Bonchev–Trinajstić information content (AvgIpc) is 2.27. The van der Waals surface area contributed by atoms with Gasteiger partial charge in [-0.25, -0.2) is 0 Å². The molecule has 6 rings (SSSR count). The van der Waals surface area contributed by atoms with Crippen molar-refractivity contribution in [2.45, 2.75) is 50.0 Å². The Morgan fingerprint density at radius 2 is 2.21 bits per heavy atom. The lowest BCUT2D eigenvalue weighted by Crippen LogP contribution is -2.88. The molecule has 6 heteroatoms. The molecule has 3 heterocycles. The summed E-state index contributed by atoms with van der Waals surface area (Å²) in [4.78, 5) is 11.4. The topological polar surface area (TPSA) is 85.2 Å². The Balaban J connectivity index is 1.80. The number of aliphatic hydroxyl groups is 2. The van der Waals surface area contributed by atoms with Crippen molar-refractivity contribution in [2.24, 2.45) is 17.8 Å². The molecule has 6 fully saturated rings. The van der Waals surface area contributed by atoms with Crippen molar-refractivity contribution in [2.75, 3.05) is 6.61 Å². The third-order valence-corrected chi connectivity index (χ3v) is 5.61. The molecule has 0 aromatic heterocycles. The molecule has 6 nitrogen and oxygen atoms in total. The highest BCUT2D eigenvalue weighted by Gasteiger charge is 2.84. The van der Waals surface area contributed by atoms with E-state index in [9.17, 15) is 15.0 Å². The van der Waals surface area contributed by atoms with Gasteiger partial charge in [-0.1, -0.05) is 0 Å². The maximum Gasteiger partial charge on any atom is 0.305 e. The van der Waals surface area contributed by atoms with E-state index < -0.39 is 23.3 Å². The smallest absolute Gasteiger partial charge is 0.305 e. The molecule has 3 aliphatic heterocycles. The van der Waals surface area contributed by atoms with Gasteiger partial charge < -0.3 is 24.4 Å². The highest BCUT2D eigenvalue weighted by atomic mass is 16.8. The van der Waals surface area contributed by atoms with Gasteiger partial charge >= 0.3 is 5.97 Å². The summed E-state index contributed by atoms with van der Waals surface area (Å²) in [6.45, 7) is 3.11. The standard InChI is InChI=1S/C13H18O6/c1-6(15)17-13-5-11(2)12(16)3-8(13)9(12)7(4-14)10(18-11)19-13/h7-10,14,16H,3-5H2,1-2H3. The molecular weight excluding hydrogens is 252 g/mol. The second kappa shape index (κ2) is 3.14. The van der Waals surface area contributed by atoms with E-state index in [4.69, 9.17) is 14.2 Å². The average molecular weight is 270 g/mol. The van der Waals surface area contributed by atoms with Gasteiger partial charge in [0.2, 0.25) is 5.79 Å². The summed E-state index contributed by atoms with van der Waals surface area (Å²) in [5, 5.41) is 20.4. The fourth-order valence-electron chi connectivity index (χ4n) is 4.85. The summed E-state index contributed by atoms with van der Waals surface area (Å²) >= 11 is 0. The molecule has 19 heavy (non-hydrogen) atoms. The molecule has 0 amide bonds. The number of esters is 1. The second-order valence-electron chi connectivity index (χ2n) is 6.52. The fourth-order valence-corrected chi connectivity index (χ4v) is 4.85. The van der Waals surface area contributed by atoms with E-state index in [1.165, 1.54) is 6.92 Å². The Morgan fingerprint density at radius 1 is 1.47 bits per heavy atom. The first-order valence-electron chi connectivity index (χ1n) is 6.74. The summed E-state index contributed by atoms with van der Waals surface area (Å²) in [5.74, 6) is -1.79. The van der Waals surface area contributed by atoms with Gasteiger partial charge in [-0.05, 0) is 13.3 Å². The van der Waals surface area contributed by atoms with Crippen LogP contribution in [-0.4, -0.2) is 46.1 Å². The molecule has 7 unspecified atom stereocenters. The van der Waals surface area contributed by atoms with Crippen LogP contribution in [0.3, 0.4) is 0 Å². The molecule has 0 radical (unpaired) electrons. The third-order valence-electron chi connectivity index (χ3n) is 5.61. The van der Waals surface area contributed by atoms with E-state index in [2.05, 4.69) is 0 Å². The SMILES string of the molecule is CC(=O)OC12CC3(C)OC(O1)C(CO)C1C2CC13O. The number of aliphatic hydroxyl groups excluding tert-OH is 1. The number of carbonyl (C=O) groups is 1. The minimum absolute atomic E-state index is 0.0493. The fraction of sp³-hybridized carbons (Fsp3) is 0.923. The number of hydrogen-bond acceptors (Lipinski definition) is 6. The van der Waals surface area contributed by atoms with Crippen LogP contribution in [0.2, 0.25) is 0 Å². The van der Waals surface area contributed by atoms with Gasteiger partial charge in [-0.2, -0.15) is 0 Å². The molecule has 6 bridgehead atoms. The summed E-state index contributed by atoms with van der Waals surface area (Å²) < 4.78 is 17.2. The first-order chi connectivity index (χ1) is 8.85. The minimum atomic E-state index is -0.982. The molecule has 0 aromatic carbocycles. The monoisotopic (exact) mass is 270 g/mol. The van der Waals surface area contributed by atoms with Gasteiger partial charge in [-0.15, -0.1) is 0 Å². The third kappa shape index (κ3) is 1.12. The van der Waals surface area contributed by atoms with Crippen LogP contribution in [-0.2, 0) is 19.0 Å². The van der Waals surface area contributed by atoms with E-state index in [1.54, 1.807) is 0 Å². The van der Waals surface area contributed by atoms with E-state index in [0.717, 1.165) is 0 Å². The number of ether oxygens (including phenoxy) is 3. The highest BCUT2D eigenvalue weighted by Crippen LogP contribution is 2.72. The molecule has 3 aliphatic carbocycles. The summed E-state index contributed by atoms with van der Waals surface area (Å²) in [6.07, 6.45) is 0.237. The molecule has 106 valence electrons. The predicted molar refractivity (Wildman–Crippen MR) is 60.6 cm³/mol. The van der Waals surface area contributed by atoms with Crippen LogP contribution in [0.25, 0.3) is 0 Å². The van der Waals surface area contributed by atoms with Crippen molar-refractivity contribution in [1.82, 2.24) is 0 Å². The first-order valence-corrected chi connectivity index (χ1v) is 6.74. The second-order valence-corrected chi connectivity index (χ2v) is 6.52. The lowest BCUT2D eigenvalue weighted by Gasteiger charge is -2.77. The zero-order chi connectivity index (χ0) is 13.6. The van der Waals surface area contributed by atoms with Crippen LogP contribution >= 0.6 is 0 Å². The maximum absolute atomic E-state index is 11.4. The Labute approximate surface area is 110 Å². The van der Waals surface area contributed by atoms with Gasteiger partial charge in [0, 0.05) is 31.1 Å². The normalized spacial score (nSPS) is 60.8. The minimum Gasteiger partial charge on any atom is -0.433 e. The van der Waals surface area contributed by atoms with Crippen molar-refractivity contribution >= 4 is 5.97 Å². The van der Waals surface area contributed by atoms with Gasteiger partial charge in [0.15, 0.2) is 6.29 Å². The van der Waals surface area contributed by atoms with E-state index in [0.29, 0.717) is 12.8 Å². The van der Waals surface area contributed by atoms with Gasteiger partial charge in [0.25, 0.3) is 0 Å². The zero-order valence-electron chi connectivity index (χ0n) is 11.0. The zero-order valence-corrected chi connectivity index (χ0v) is 11.0. The summed E-state index contributed by atoms with van der Waals surface area (Å²) in [7, 11) is 0. The Hall–Kier alpha value is -0.690. The predicted octanol–water partition coefficient (Wildman–Crippen LogP) is -0.230. The van der Waals surface area contributed by atoms with Crippen LogP contribution < -0.4 is 0 Å². The van der Waals surface area contributed by atoms with Crippen LogP contribution in [0, 0.1) is 17.8 Å². The van der Waals surface area contributed by atoms with E-state index in [1.807, 2.05) is 6.92 Å². The van der Waals surface area contributed by atoms with E-state index >= 15 is 0 Å². The lowest BCUT2D eigenvalue weighted by molar-refractivity contribution is -0.535. The Morgan fingerprint density at radius 3 is 2.84 bits per heavy atom. The number of hydrogen-bond donors (Lipinski definition) is 2. The number of rotatable bonds is 2. The van der Waals surface area contributed by atoms with Crippen LogP contribution in [0.5, 0.6) is 0 Å². The van der Waals surface area contributed by atoms with Crippen molar-refractivity contribution in [3.63, 3.8) is 0 Å². The molecular formula is C13H18O6. The summed E-state index contributed by atoms with van der Waals surface area (Å²) in [6, 6.07) is 0. The molecule has 6 aliphatic rings. The Bertz CT molecular complexity index is 466. The van der Waals surface area contributed by atoms with Gasteiger partial charge in [0.1, 0.15) is 5.60 Å². The maximum atomic E-state index is 11.4. The molecule has 0 spiro atoms. The van der Waals surface area contributed by atoms with E-state index in [-0.39, 0.29) is 30.3 Å². The molecule has 3 saturated carbocycles. The largest absolute Gasteiger partial charge is 0.433 e. The van der Waals surface area contributed by atoms with Crippen LogP contribution in [0.15, 0.2) is 0 Å². The summed E-state index contributed by atoms with van der Waals surface area (Å²) in [5.41, 5.74) is -1.70. The van der Waals surface area contributed by atoms with Crippen LogP contribution in [0.1, 0.15) is 26.7 Å². The lowest BCUT2D eigenvalue weighted by atomic mass is 9.41. The Kier molecular flexibility index (Phi) is 1.99. The van der Waals surface area contributed by atoms with Gasteiger partial charge in [0.05, 0.1) is 12.2 Å². The molecule has 2 N–H and O–H groups in total. The quantitative estimate of drug-likeness (QED) is 0.674. The van der Waals surface area contributed by atoms with Crippen molar-refractivity contribution in [3.8, 4) is 0 Å². The highest BCUT2D eigenvalue weighted by molar-refractivity contribution is 5.66. The van der Waals surface area contributed by atoms with Crippen molar-refractivity contribution < 1.29 is 29.2 Å². The molecule has 7 atom stereocenters. The van der Waals surface area contributed by atoms with Crippen molar-refractivity contribution in [1.29, 1.82) is 0 Å². The van der Waals surface area contributed by atoms with Gasteiger partial charge in [-0.3, -0.25) is 4.79 Å². The van der Waals surface area contributed by atoms with Crippen LogP contribution in [0.4, 0.5) is 0 Å². The van der Waals surface area contributed by atoms with Crippen molar-refractivity contribution in [3.05, 3.63) is 0 Å². The number of carbonyl (C=O) groups excluding carboxylic acids is 1. The molecule has 3 saturated heterocycles.